The van der Waals surface area contributed by atoms with E-state index in [4.69, 9.17) is 14.0 Å². The third-order valence-corrected chi connectivity index (χ3v) is 3.96. The number of benzene rings is 2. The lowest BCUT2D eigenvalue weighted by atomic mass is 10.1. The molecule has 0 aliphatic carbocycles. The van der Waals surface area contributed by atoms with Crippen molar-refractivity contribution in [3.8, 4) is 22.8 Å². The van der Waals surface area contributed by atoms with Gasteiger partial charge in [-0.2, -0.15) is 0 Å². The summed E-state index contributed by atoms with van der Waals surface area (Å²) in [5.74, 6) is 1.28. The summed E-state index contributed by atoms with van der Waals surface area (Å²) in [7, 11) is 0. The number of carbonyl (C=O) groups is 1. The van der Waals surface area contributed by atoms with Gasteiger partial charge in [0.2, 0.25) is 12.7 Å². The zero-order chi connectivity index (χ0) is 18.6. The van der Waals surface area contributed by atoms with Crippen LogP contribution in [0, 0.1) is 5.82 Å². The first-order chi connectivity index (χ1) is 13.2. The van der Waals surface area contributed by atoms with Gasteiger partial charge in [0, 0.05) is 17.7 Å². The maximum absolute atomic E-state index is 13.0. The quantitative estimate of drug-likeness (QED) is 0.699. The van der Waals surface area contributed by atoms with Crippen LogP contribution >= 0.6 is 0 Å². The Morgan fingerprint density at radius 3 is 2.78 bits per heavy atom. The molecule has 3 aromatic rings. The van der Waals surface area contributed by atoms with Crippen LogP contribution in [0.2, 0.25) is 0 Å². The molecule has 1 aromatic heterocycles. The predicted molar refractivity (Wildman–Crippen MR) is 95.3 cm³/mol. The molecule has 0 fully saturated rings. The number of halogens is 1. The van der Waals surface area contributed by atoms with E-state index >= 15 is 0 Å². The lowest BCUT2D eigenvalue weighted by molar-refractivity contribution is -0.116. The maximum atomic E-state index is 13.0. The van der Waals surface area contributed by atoms with E-state index in [-0.39, 0.29) is 25.1 Å². The highest BCUT2D eigenvalue weighted by molar-refractivity contribution is 5.91. The number of aromatic nitrogens is 1. The van der Waals surface area contributed by atoms with Crippen molar-refractivity contribution in [2.75, 3.05) is 6.79 Å². The molecule has 0 saturated heterocycles. The first-order valence-electron chi connectivity index (χ1n) is 8.24. The molecule has 7 heteroatoms. The minimum Gasteiger partial charge on any atom is -0.454 e. The van der Waals surface area contributed by atoms with Gasteiger partial charge in [-0.3, -0.25) is 4.79 Å². The number of fused-ring (bicyclic) bond motifs is 1. The summed E-state index contributed by atoms with van der Waals surface area (Å²) in [6.45, 7) is 0.426. The first-order valence-corrected chi connectivity index (χ1v) is 8.24. The number of amides is 1. The number of hydrogen-bond acceptors (Lipinski definition) is 5. The molecular formula is C20H15FN2O4. The molecule has 0 spiro atoms. The third-order valence-electron chi connectivity index (χ3n) is 3.96. The van der Waals surface area contributed by atoms with E-state index in [1.165, 1.54) is 18.2 Å². The molecule has 4 rings (SSSR count). The molecule has 136 valence electrons. The van der Waals surface area contributed by atoms with E-state index in [0.29, 0.717) is 28.5 Å². The summed E-state index contributed by atoms with van der Waals surface area (Å²) in [5.41, 5.74) is 2.11. The average Bonchev–Trinajstić information content (AvgIpc) is 3.34. The van der Waals surface area contributed by atoms with Crippen molar-refractivity contribution in [1.29, 1.82) is 0 Å². The first kappa shape index (κ1) is 16.8. The van der Waals surface area contributed by atoms with Gasteiger partial charge in [-0.05, 0) is 48.0 Å². The van der Waals surface area contributed by atoms with Gasteiger partial charge < -0.3 is 19.3 Å². The molecule has 1 aliphatic rings. The van der Waals surface area contributed by atoms with Crippen LogP contribution < -0.4 is 14.8 Å². The van der Waals surface area contributed by atoms with Crippen molar-refractivity contribution >= 4 is 12.0 Å². The van der Waals surface area contributed by atoms with Crippen molar-refractivity contribution in [2.24, 2.45) is 0 Å². The molecule has 0 unspecified atom stereocenters. The standard InChI is InChI=1S/C20H15FN2O4/c21-15-5-3-14(4-6-15)18-10-16(23-27-18)11-22-20(24)8-2-13-1-7-17-19(9-13)26-12-25-17/h1-10H,11-12H2,(H,22,24). The molecule has 1 amide bonds. The molecule has 27 heavy (non-hydrogen) atoms. The zero-order valence-electron chi connectivity index (χ0n) is 14.1. The highest BCUT2D eigenvalue weighted by atomic mass is 19.1. The Labute approximate surface area is 154 Å². The lowest BCUT2D eigenvalue weighted by Crippen LogP contribution is -2.20. The molecule has 2 aromatic carbocycles. The third kappa shape index (κ3) is 3.98. The van der Waals surface area contributed by atoms with E-state index in [2.05, 4.69) is 10.5 Å². The number of hydrogen-bond donors (Lipinski definition) is 1. The molecule has 1 aliphatic heterocycles. The second kappa shape index (κ2) is 7.33. The molecular weight excluding hydrogens is 351 g/mol. The summed E-state index contributed by atoms with van der Waals surface area (Å²) in [6, 6.07) is 13.0. The number of carbonyl (C=O) groups excluding carboxylic acids is 1. The molecule has 6 nitrogen and oxygen atoms in total. The monoisotopic (exact) mass is 366 g/mol. The van der Waals surface area contributed by atoms with Crippen LogP contribution in [-0.4, -0.2) is 17.9 Å². The minimum absolute atomic E-state index is 0.209. The fourth-order valence-electron chi connectivity index (χ4n) is 2.57. The fraction of sp³-hybridized carbons (Fsp3) is 0.100. The summed E-state index contributed by atoms with van der Waals surface area (Å²) in [6.07, 6.45) is 3.11. The van der Waals surface area contributed by atoms with Gasteiger partial charge in [-0.25, -0.2) is 4.39 Å². The van der Waals surface area contributed by atoms with Crippen molar-refractivity contribution in [3.05, 3.63) is 71.7 Å². The van der Waals surface area contributed by atoms with Crippen LogP contribution in [0.5, 0.6) is 11.5 Å². The van der Waals surface area contributed by atoms with E-state index in [1.807, 2.05) is 6.07 Å². The van der Waals surface area contributed by atoms with E-state index in [0.717, 1.165) is 5.56 Å². The zero-order valence-corrected chi connectivity index (χ0v) is 14.1. The van der Waals surface area contributed by atoms with Gasteiger partial charge in [-0.1, -0.05) is 11.2 Å². The van der Waals surface area contributed by atoms with Crippen LogP contribution in [0.15, 0.2) is 59.1 Å². The number of ether oxygens (including phenoxy) is 2. The normalized spacial score (nSPS) is 12.5. The second-order valence-electron chi connectivity index (χ2n) is 5.85. The summed E-state index contributed by atoms with van der Waals surface area (Å²) >= 11 is 0. The topological polar surface area (TPSA) is 73.6 Å². The predicted octanol–water partition coefficient (Wildman–Crippen LogP) is 3.54. The van der Waals surface area contributed by atoms with E-state index in [1.54, 1.807) is 36.4 Å². The van der Waals surface area contributed by atoms with Crippen LogP contribution in [0.3, 0.4) is 0 Å². The Balaban J connectivity index is 1.33. The number of rotatable bonds is 5. The highest BCUT2D eigenvalue weighted by Gasteiger charge is 2.12. The van der Waals surface area contributed by atoms with Crippen molar-refractivity contribution in [2.45, 2.75) is 6.54 Å². The number of nitrogens with one attached hydrogen (secondary N) is 1. The molecule has 0 saturated carbocycles. The Morgan fingerprint density at radius 1 is 1.11 bits per heavy atom. The Hall–Kier alpha value is -3.61. The summed E-state index contributed by atoms with van der Waals surface area (Å²) in [5, 5.41) is 6.64. The molecule has 0 radical (unpaired) electrons. The molecule has 1 N–H and O–H groups in total. The largest absolute Gasteiger partial charge is 0.454 e. The van der Waals surface area contributed by atoms with Gasteiger partial charge in [-0.15, -0.1) is 0 Å². The van der Waals surface area contributed by atoms with Gasteiger partial charge in [0.15, 0.2) is 17.3 Å². The Bertz CT molecular complexity index is 995. The lowest BCUT2D eigenvalue weighted by Gasteiger charge is -1.99. The van der Waals surface area contributed by atoms with Crippen LogP contribution in [0.25, 0.3) is 17.4 Å². The van der Waals surface area contributed by atoms with Gasteiger partial charge in [0.05, 0.1) is 6.54 Å². The van der Waals surface area contributed by atoms with Gasteiger partial charge in [0.25, 0.3) is 0 Å². The van der Waals surface area contributed by atoms with Gasteiger partial charge in [0.1, 0.15) is 11.5 Å². The van der Waals surface area contributed by atoms with Crippen LogP contribution in [0.1, 0.15) is 11.3 Å². The van der Waals surface area contributed by atoms with Gasteiger partial charge >= 0.3 is 0 Å². The summed E-state index contributed by atoms with van der Waals surface area (Å²) in [4.78, 5) is 12.0. The second-order valence-corrected chi connectivity index (χ2v) is 5.85. The fourth-order valence-corrected chi connectivity index (χ4v) is 2.57. The van der Waals surface area contributed by atoms with Crippen molar-refractivity contribution in [3.63, 3.8) is 0 Å². The van der Waals surface area contributed by atoms with Crippen LogP contribution in [-0.2, 0) is 11.3 Å². The van der Waals surface area contributed by atoms with Crippen molar-refractivity contribution in [1.82, 2.24) is 10.5 Å². The number of nitrogens with zero attached hydrogens (tertiary/aromatic N) is 1. The molecule has 0 atom stereocenters. The highest BCUT2D eigenvalue weighted by Crippen LogP contribution is 2.32. The minimum atomic E-state index is -0.319. The Morgan fingerprint density at radius 2 is 1.93 bits per heavy atom. The summed E-state index contributed by atoms with van der Waals surface area (Å²) < 4.78 is 28.7. The smallest absolute Gasteiger partial charge is 0.244 e. The van der Waals surface area contributed by atoms with E-state index < -0.39 is 0 Å². The van der Waals surface area contributed by atoms with Crippen molar-refractivity contribution < 1.29 is 23.2 Å². The SMILES string of the molecule is O=C(C=Cc1ccc2c(c1)OCO2)NCc1cc(-c2ccc(F)cc2)on1. The average molecular weight is 366 g/mol. The molecule has 0 bridgehead atoms. The molecule has 2 heterocycles. The van der Waals surface area contributed by atoms with Crippen LogP contribution in [0.4, 0.5) is 4.39 Å². The van der Waals surface area contributed by atoms with E-state index in [9.17, 15) is 9.18 Å². The maximum Gasteiger partial charge on any atom is 0.244 e. The Kier molecular flexibility index (Phi) is 4.57.